The van der Waals surface area contributed by atoms with Crippen molar-refractivity contribution in [2.24, 2.45) is 0 Å². The smallest absolute Gasteiger partial charge is 0.311 e. The molecule has 2 N–H and O–H groups in total. The second kappa shape index (κ2) is 7.83. The number of halogens is 3. The van der Waals surface area contributed by atoms with Crippen LogP contribution in [0.25, 0.3) is 10.9 Å². The van der Waals surface area contributed by atoms with Gasteiger partial charge >= 0.3 is 5.97 Å². The van der Waals surface area contributed by atoms with E-state index in [9.17, 15) is 28.6 Å². The number of hydrogen-bond acceptors (Lipinski definition) is 3. The maximum absolute atomic E-state index is 14.1. The van der Waals surface area contributed by atoms with Gasteiger partial charge in [-0.3, -0.25) is 14.2 Å². The highest BCUT2D eigenvalue weighted by Crippen LogP contribution is 2.37. The summed E-state index contributed by atoms with van der Waals surface area (Å²) in [6, 6.07) is 5.61. The van der Waals surface area contributed by atoms with Crippen molar-refractivity contribution in [3.8, 4) is 5.75 Å². The van der Waals surface area contributed by atoms with E-state index >= 15 is 0 Å². The number of carbonyl (C=O) groups is 2. The monoisotopic (exact) mass is 421 g/mol. The van der Waals surface area contributed by atoms with E-state index in [-0.39, 0.29) is 33.6 Å². The molecule has 0 aliphatic rings. The van der Waals surface area contributed by atoms with E-state index in [1.54, 1.807) is 6.92 Å². The predicted octanol–water partition coefficient (Wildman–Crippen LogP) is 5.24. The lowest BCUT2D eigenvalue weighted by atomic mass is 9.92. The Morgan fingerprint density at radius 2 is 1.86 bits per heavy atom. The lowest BCUT2D eigenvalue weighted by molar-refractivity contribution is -0.139. The van der Waals surface area contributed by atoms with Gasteiger partial charge in [0, 0.05) is 22.7 Å². The van der Waals surface area contributed by atoms with Gasteiger partial charge in [-0.25, -0.2) is 8.78 Å². The maximum atomic E-state index is 14.1. The zero-order chi connectivity index (χ0) is 21.5. The van der Waals surface area contributed by atoms with E-state index in [0.717, 1.165) is 22.8 Å². The van der Waals surface area contributed by atoms with Crippen LogP contribution < -0.4 is 0 Å². The molecule has 0 bridgehead atoms. The first-order valence-corrected chi connectivity index (χ1v) is 9.31. The van der Waals surface area contributed by atoms with E-state index in [0.29, 0.717) is 12.0 Å². The molecule has 0 unspecified atom stereocenters. The minimum atomic E-state index is -1.09. The maximum Gasteiger partial charge on any atom is 0.311 e. The molecular formula is C21H18ClF2NO4. The standard InChI is InChI=1S/C21H18ClF2NO4/c1-3-4-12(21(28)29)19-10(2)25(17-9-16(24)18(26)8-13(17)19)20(27)11-5-6-14(22)15(23)7-11/h5-9,12,26H,3-4H2,1-2H3,(H,28,29)/t12-/m0/s1. The molecule has 0 fully saturated rings. The topological polar surface area (TPSA) is 79.5 Å². The minimum absolute atomic E-state index is 0.0331. The van der Waals surface area contributed by atoms with Gasteiger partial charge in [0.05, 0.1) is 16.5 Å². The summed E-state index contributed by atoms with van der Waals surface area (Å²) in [5.41, 5.74) is 0.656. The summed E-state index contributed by atoms with van der Waals surface area (Å²) in [5.74, 6) is -5.11. The molecule has 0 amide bonds. The van der Waals surface area contributed by atoms with Crippen LogP contribution in [0.5, 0.6) is 5.75 Å². The van der Waals surface area contributed by atoms with Crippen LogP contribution in [0.3, 0.4) is 0 Å². The fourth-order valence-electron chi connectivity index (χ4n) is 3.59. The van der Waals surface area contributed by atoms with Crippen molar-refractivity contribution in [1.82, 2.24) is 4.57 Å². The van der Waals surface area contributed by atoms with Gasteiger partial charge in [0.25, 0.3) is 5.91 Å². The van der Waals surface area contributed by atoms with E-state index in [4.69, 9.17) is 11.6 Å². The molecule has 0 spiro atoms. The van der Waals surface area contributed by atoms with Gasteiger partial charge in [0.15, 0.2) is 11.6 Å². The number of aliphatic carboxylic acids is 1. The number of phenolic OH excluding ortho intramolecular Hbond substituents is 1. The van der Waals surface area contributed by atoms with Crippen LogP contribution in [0.15, 0.2) is 30.3 Å². The number of fused-ring (bicyclic) bond motifs is 1. The largest absolute Gasteiger partial charge is 0.505 e. The highest BCUT2D eigenvalue weighted by atomic mass is 35.5. The Bertz CT molecular complexity index is 1140. The Labute approximate surface area is 170 Å². The van der Waals surface area contributed by atoms with E-state index in [1.807, 2.05) is 6.92 Å². The van der Waals surface area contributed by atoms with Crippen molar-refractivity contribution in [3.63, 3.8) is 0 Å². The van der Waals surface area contributed by atoms with Gasteiger partial charge in [-0.2, -0.15) is 0 Å². The van der Waals surface area contributed by atoms with Crippen LogP contribution in [0, 0.1) is 18.6 Å². The number of hydrogen-bond donors (Lipinski definition) is 2. The third kappa shape index (κ3) is 3.58. The molecule has 3 rings (SSSR count). The molecule has 29 heavy (non-hydrogen) atoms. The Morgan fingerprint density at radius 3 is 2.45 bits per heavy atom. The molecule has 5 nitrogen and oxygen atoms in total. The van der Waals surface area contributed by atoms with Crippen molar-refractivity contribution in [2.45, 2.75) is 32.6 Å². The average molecular weight is 422 g/mol. The summed E-state index contributed by atoms with van der Waals surface area (Å²) in [6.45, 7) is 3.36. The molecule has 1 aromatic heterocycles. The Hall–Kier alpha value is -2.93. The summed E-state index contributed by atoms with van der Waals surface area (Å²) in [7, 11) is 0. The first-order chi connectivity index (χ1) is 13.7. The number of carboxylic acid groups (broad SMARTS) is 1. The second-order valence-corrected chi connectivity index (χ2v) is 7.18. The van der Waals surface area contributed by atoms with Gasteiger partial charge in [-0.15, -0.1) is 0 Å². The number of aromatic hydroxyl groups is 1. The molecule has 0 saturated carbocycles. The third-order valence-corrected chi connectivity index (χ3v) is 5.22. The number of aromatic nitrogens is 1. The molecule has 0 saturated heterocycles. The average Bonchev–Trinajstić information content (AvgIpc) is 2.92. The van der Waals surface area contributed by atoms with Crippen molar-refractivity contribution < 1.29 is 28.6 Å². The van der Waals surface area contributed by atoms with Crippen molar-refractivity contribution in [2.75, 3.05) is 0 Å². The lowest BCUT2D eigenvalue weighted by Gasteiger charge is -2.13. The summed E-state index contributed by atoms with van der Waals surface area (Å²) < 4.78 is 29.1. The molecule has 8 heteroatoms. The third-order valence-electron chi connectivity index (χ3n) is 4.91. The van der Waals surface area contributed by atoms with Crippen LogP contribution in [0.1, 0.15) is 47.3 Å². The summed E-state index contributed by atoms with van der Waals surface area (Å²) in [5, 5.41) is 19.6. The Balaban J connectivity index is 2.33. The van der Waals surface area contributed by atoms with Gasteiger partial charge in [0.1, 0.15) is 5.82 Å². The molecule has 3 aromatic rings. The molecule has 1 heterocycles. The minimum Gasteiger partial charge on any atom is -0.505 e. The highest BCUT2D eigenvalue weighted by molar-refractivity contribution is 6.30. The van der Waals surface area contributed by atoms with E-state index in [2.05, 4.69) is 0 Å². The summed E-state index contributed by atoms with van der Waals surface area (Å²) in [4.78, 5) is 25.0. The lowest BCUT2D eigenvalue weighted by Crippen LogP contribution is -2.16. The van der Waals surface area contributed by atoms with Crippen molar-refractivity contribution in [3.05, 3.63) is 63.8 Å². The van der Waals surface area contributed by atoms with Gasteiger partial charge in [-0.1, -0.05) is 24.9 Å². The zero-order valence-corrected chi connectivity index (χ0v) is 16.4. The highest BCUT2D eigenvalue weighted by Gasteiger charge is 2.29. The number of carbonyl (C=O) groups excluding carboxylic acids is 1. The quantitative estimate of drug-likeness (QED) is 0.590. The van der Waals surface area contributed by atoms with Crippen LogP contribution in [-0.2, 0) is 4.79 Å². The Kier molecular flexibility index (Phi) is 5.61. The van der Waals surface area contributed by atoms with Crippen molar-refractivity contribution in [1.29, 1.82) is 0 Å². The molecule has 0 aliphatic carbocycles. The summed E-state index contributed by atoms with van der Waals surface area (Å²) >= 11 is 5.68. The fraction of sp³-hybridized carbons (Fsp3) is 0.238. The molecular weight excluding hydrogens is 404 g/mol. The molecule has 2 aromatic carbocycles. The number of rotatable bonds is 5. The Morgan fingerprint density at radius 1 is 1.17 bits per heavy atom. The molecule has 0 radical (unpaired) electrons. The second-order valence-electron chi connectivity index (χ2n) is 6.77. The van der Waals surface area contributed by atoms with E-state index < -0.39 is 35.2 Å². The normalized spacial score (nSPS) is 12.3. The first-order valence-electron chi connectivity index (χ1n) is 8.93. The molecule has 152 valence electrons. The molecule has 1 atom stereocenters. The number of nitrogens with zero attached hydrogens (tertiary/aromatic N) is 1. The van der Waals surface area contributed by atoms with Crippen molar-refractivity contribution >= 4 is 34.4 Å². The van der Waals surface area contributed by atoms with Gasteiger partial charge < -0.3 is 10.2 Å². The van der Waals surface area contributed by atoms with Gasteiger partial charge in [-0.05, 0) is 43.2 Å². The van der Waals surface area contributed by atoms with E-state index in [1.165, 1.54) is 12.1 Å². The fourth-order valence-corrected chi connectivity index (χ4v) is 3.71. The number of carboxylic acids is 1. The van der Waals surface area contributed by atoms with Crippen LogP contribution >= 0.6 is 11.6 Å². The van der Waals surface area contributed by atoms with Crippen LogP contribution in [0.2, 0.25) is 5.02 Å². The van der Waals surface area contributed by atoms with Gasteiger partial charge in [0.2, 0.25) is 0 Å². The number of phenols is 1. The summed E-state index contributed by atoms with van der Waals surface area (Å²) in [6.07, 6.45) is 0.851. The van der Waals surface area contributed by atoms with Crippen LogP contribution in [-0.4, -0.2) is 26.7 Å². The predicted molar refractivity (Wildman–Crippen MR) is 105 cm³/mol. The van der Waals surface area contributed by atoms with Crippen LogP contribution in [0.4, 0.5) is 8.78 Å². The number of benzene rings is 2. The first kappa shape index (κ1) is 20.8. The molecule has 0 aliphatic heterocycles. The SMILES string of the molecule is CCC[C@H](C(=O)O)c1c(C)n(C(=O)c2ccc(Cl)c(F)c2)c2cc(F)c(O)cc12. The zero-order valence-electron chi connectivity index (χ0n) is 15.7.